The second kappa shape index (κ2) is 11.4. The fraction of sp³-hybridized carbons (Fsp3) is 0.333. The minimum Gasteiger partial charge on any atom is -0.468 e. The van der Waals surface area contributed by atoms with Crippen molar-refractivity contribution in [2.45, 2.75) is 18.4 Å². The van der Waals surface area contributed by atoms with E-state index in [0.29, 0.717) is 4.70 Å². The molecular weight excluding hydrogens is 539 g/mol. The summed E-state index contributed by atoms with van der Waals surface area (Å²) in [6, 6.07) is 9.69. The first-order chi connectivity index (χ1) is 18.1. The average Bonchev–Trinajstić information content (AvgIpc) is 3.26. The van der Waals surface area contributed by atoms with Crippen LogP contribution in [0.4, 0.5) is 9.18 Å². The molecule has 0 atom stereocenters. The topological polar surface area (TPSA) is 128 Å². The Kier molecular flexibility index (Phi) is 8.23. The summed E-state index contributed by atoms with van der Waals surface area (Å²) in [5.41, 5.74) is 0.234. The van der Waals surface area contributed by atoms with Gasteiger partial charge in [0.15, 0.2) is 4.80 Å². The highest BCUT2D eigenvalue weighted by atomic mass is 32.2. The molecule has 2 aromatic carbocycles. The number of esters is 1. The Bertz CT molecular complexity index is 1540. The van der Waals surface area contributed by atoms with Crippen LogP contribution >= 0.6 is 11.3 Å². The molecule has 1 fully saturated rings. The first kappa shape index (κ1) is 27.4. The first-order valence-electron chi connectivity index (χ1n) is 11.6. The molecule has 1 aromatic heterocycles. The maximum absolute atomic E-state index is 14.5. The van der Waals surface area contributed by atoms with Crippen LogP contribution in [-0.4, -0.2) is 80.1 Å². The lowest BCUT2D eigenvalue weighted by Gasteiger charge is -2.33. The number of benzene rings is 2. The maximum atomic E-state index is 14.5. The lowest BCUT2D eigenvalue weighted by atomic mass is 10.2. The number of ether oxygens (including phenoxy) is 2. The lowest BCUT2D eigenvalue weighted by molar-refractivity contribution is -0.141. The van der Waals surface area contributed by atoms with Crippen LogP contribution in [0.5, 0.6) is 0 Å². The normalized spacial score (nSPS) is 15.0. The van der Waals surface area contributed by atoms with Gasteiger partial charge in [0.2, 0.25) is 10.0 Å². The molecule has 0 spiro atoms. The largest absolute Gasteiger partial charge is 0.468 e. The Morgan fingerprint density at radius 3 is 2.37 bits per heavy atom. The van der Waals surface area contributed by atoms with Crippen LogP contribution in [-0.2, 0) is 30.8 Å². The minimum atomic E-state index is -3.85. The van der Waals surface area contributed by atoms with Crippen molar-refractivity contribution < 1.29 is 36.7 Å². The molecular formula is C24H25FN4O7S2. The molecule has 2 heterocycles. The van der Waals surface area contributed by atoms with E-state index in [0.717, 1.165) is 11.3 Å². The number of nitrogens with zero attached hydrogens (tertiary/aromatic N) is 4. The van der Waals surface area contributed by atoms with E-state index in [2.05, 4.69) is 9.73 Å². The molecule has 1 aliphatic rings. The van der Waals surface area contributed by atoms with E-state index in [-0.39, 0.29) is 60.1 Å². The number of amides is 2. The van der Waals surface area contributed by atoms with Crippen molar-refractivity contribution in [3.63, 3.8) is 0 Å². The smallest absolute Gasteiger partial charge is 0.409 e. The number of rotatable bonds is 6. The molecule has 14 heteroatoms. The second-order valence-electron chi connectivity index (χ2n) is 8.16. The third-order valence-electron chi connectivity index (χ3n) is 5.87. The number of piperazine rings is 1. The molecule has 0 N–H and O–H groups in total. The molecule has 1 aliphatic heterocycles. The van der Waals surface area contributed by atoms with E-state index in [1.165, 1.54) is 57.3 Å². The lowest BCUT2D eigenvalue weighted by Crippen LogP contribution is -2.50. The number of carbonyl (C=O) groups excluding carboxylic acids is 3. The fourth-order valence-electron chi connectivity index (χ4n) is 3.91. The monoisotopic (exact) mass is 564 g/mol. The molecule has 0 radical (unpaired) electrons. The van der Waals surface area contributed by atoms with Crippen LogP contribution in [0.15, 0.2) is 52.4 Å². The number of halogens is 1. The van der Waals surface area contributed by atoms with Gasteiger partial charge in [-0.05, 0) is 43.3 Å². The highest BCUT2D eigenvalue weighted by Crippen LogP contribution is 2.22. The number of sulfonamides is 1. The zero-order chi connectivity index (χ0) is 27.4. The Balaban J connectivity index is 1.56. The summed E-state index contributed by atoms with van der Waals surface area (Å²) in [5, 5.41) is 0. The van der Waals surface area contributed by atoms with Crippen molar-refractivity contribution in [1.29, 1.82) is 0 Å². The molecule has 1 saturated heterocycles. The van der Waals surface area contributed by atoms with Crippen LogP contribution in [0.3, 0.4) is 0 Å². The van der Waals surface area contributed by atoms with Crippen LogP contribution in [0.2, 0.25) is 0 Å². The molecule has 4 rings (SSSR count). The van der Waals surface area contributed by atoms with E-state index in [1.807, 2.05) is 0 Å². The van der Waals surface area contributed by atoms with Crippen molar-refractivity contribution in [3.8, 4) is 0 Å². The second-order valence-corrected chi connectivity index (χ2v) is 11.1. The molecule has 0 aliphatic carbocycles. The highest BCUT2D eigenvalue weighted by Gasteiger charge is 2.30. The van der Waals surface area contributed by atoms with Gasteiger partial charge in [0.05, 0.1) is 28.8 Å². The summed E-state index contributed by atoms with van der Waals surface area (Å²) >= 11 is 1.03. The third-order valence-corrected chi connectivity index (χ3v) is 8.82. The molecule has 11 nitrogen and oxygen atoms in total. The number of thiazole rings is 1. The van der Waals surface area contributed by atoms with Gasteiger partial charge in [-0.1, -0.05) is 17.4 Å². The Morgan fingerprint density at radius 1 is 1.05 bits per heavy atom. The van der Waals surface area contributed by atoms with Gasteiger partial charge in [0, 0.05) is 31.7 Å². The van der Waals surface area contributed by atoms with Gasteiger partial charge in [-0.3, -0.25) is 9.59 Å². The summed E-state index contributed by atoms with van der Waals surface area (Å²) in [6.45, 7) is 2.22. The number of hydrogen-bond donors (Lipinski definition) is 0. The Hall–Kier alpha value is -3.62. The average molecular weight is 565 g/mol. The van der Waals surface area contributed by atoms with Gasteiger partial charge in [-0.15, -0.1) is 0 Å². The van der Waals surface area contributed by atoms with E-state index < -0.39 is 33.8 Å². The SMILES string of the molecule is CCOC(=O)N1CCN(S(=O)(=O)c2ccc(C(=O)N=c3sc4cccc(F)c4n3CC(=O)OC)cc2)CC1. The van der Waals surface area contributed by atoms with Crippen molar-refractivity contribution in [3.05, 3.63) is 58.6 Å². The van der Waals surface area contributed by atoms with Crippen molar-refractivity contribution in [2.75, 3.05) is 39.9 Å². The predicted octanol–water partition coefficient (Wildman–Crippen LogP) is 2.22. The van der Waals surface area contributed by atoms with Gasteiger partial charge in [-0.25, -0.2) is 17.6 Å². The zero-order valence-corrected chi connectivity index (χ0v) is 22.3. The van der Waals surface area contributed by atoms with Crippen LogP contribution in [0.1, 0.15) is 17.3 Å². The van der Waals surface area contributed by atoms with Crippen LogP contribution in [0, 0.1) is 5.82 Å². The van der Waals surface area contributed by atoms with Crippen molar-refractivity contribution in [1.82, 2.24) is 13.8 Å². The molecule has 0 saturated carbocycles. The van der Waals surface area contributed by atoms with E-state index >= 15 is 0 Å². The number of fused-ring (bicyclic) bond motifs is 1. The van der Waals surface area contributed by atoms with E-state index in [4.69, 9.17) is 4.74 Å². The van der Waals surface area contributed by atoms with Crippen LogP contribution < -0.4 is 4.80 Å². The standard InChI is InChI=1S/C24H25FN4O7S2/c1-3-36-24(32)27-11-13-28(14-12-27)38(33,34)17-9-7-16(8-10-17)22(31)26-23-29(15-20(30)35-2)21-18(25)5-4-6-19(21)37-23/h4-10H,3,11-15H2,1-2H3. The summed E-state index contributed by atoms with van der Waals surface area (Å²) in [4.78, 5) is 42.3. The van der Waals surface area contributed by atoms with Gasteiger partial charge < -0.3 is 18.9 Å². The zero-order valence-electron chi connectivity index (χ0n) is 20.6. The van der Waals surface area contributed by atoms with Gasteiger partial charge in [0.25, 0.3) is 5.91 Å². The first-order valence-corrected chi connectivity index (χ1v) is 13.9. The summed E-state index contributed by atoms with van der Waals surface area (Å²) in [7, 11) is -2.65. The number of methoxy groups -OCH3 is 1. The quantitative estimate of drug-likeness (QED) is 0.420. The summed E-state index contributed by atoms with van der Waals surface area (Å²) in [6.07, 6.45) is -0.481. The molecule has 38 heavy (non-hydrogen) atoms. The highest BCUT2D eigenvalue weighted by molar-refractivity contribution is 7.89. The predicted molar refractivity (Wildman–Crippen MR) is 135 cm³/mol. The van der Waals surface area contributed by atoms with Gasteiger partial charge in [-0.2, -0.15) is 9.30 Å². The molecule has 2 amide bonds. The number of carbonyl (C=O) groups is 3. The summed E-state index contributed by atoms with van der Waals surface area (Å²) < 4.78 is 53.3. The van der Waals surface area contributed by atoms with Gasteiger partial charge >= 0.3 is 12.1 Å². The summed E-state index contributed by atoms with van der Waals surface area (Å²) in [5.74, 6) is -1.91. The van der Waals surface area contributed by atoms with Crippen LogP contribution in [0.25, 0.3) is 10.2 Å². The molecule has 0 bridgehead atoms. The number of aromatic nitrogens is 1. The molecule has 3 aromatic rings. The fourth-order valence-corrected chi connectivity index (χ4v) is 6.37. The Morgan fingerprint density at radius 2 is 1.74 bits per heavy atom. The molecule has 0 unspecified atom stereocenters. The maximum Gasteiger partial charge on any atom is 0.409 e. The number of hydrogen-bond acceptors (Lipinski definition) is 8. The molecule has 202 valence electrons. The van der Waals surface area contributed by atoms with Gasteiger partial charge in [0.1, 0.15) is 12.4 Å². The van der Waals surface area contributed by atoms with Crippen molar-refractivity contribution in [2.24, 2.45) is 4.99 Å². The Labute approximate surface area is 221 Å². The minimum absolute atomic E-state index is 0.0108. The van der Waals surface area contributed by atoms with E-state index in [9.17, 15) is 27.2 Å². The number of para-hydroxylation sites is 1. The third kappa shape index (κ3) is 5.61. The van der Waals surface area contributed by atoms with E-state index in [1.54, 1.807) is 13.0 Å². The van der Waals surface area contributed by atoms with Crippen molar-refractivity contribution >= 4 is 49.5 Å².